The summed E-state index contributed by atoms with van der Waals surface area (Å²) >= 11 is 1.11. The molecule has 0 aromatic rings. The zero-order chi connectivity index (χ0) is 4.83. The van der Waals surface area contributed by atoms with Gasteiger partial charge < -0.3 is 0 Å². The van der Waals surface area contributed by atoms with Crippen LogP contribution in [0.15, 0.2) is 0 Å². The molecule has 0 aliphatic carbocycles. The van der Waals surface area contributed by atoms with Crippen molar-refractivity contribution in [1.82, 2.24) is 0 Å². The fourth-order valence-electron chi connectivity index (χ4n) is 0.500. The van der Waals surface area contributed by atoms with E-state index in [0.717, 1.165) is 49.0 Å². The average molecular weight is 124 g/mol. The Balaban J connectivity index is 0. The zero-order valence-corrected chi connectivity index (χ0v) is 7.95. The Bertz CT molecular complexity index is 20.0. The average Bonchev–Trinajstić information content (AvgIpc) is 1.61. The van der Waals surface area contributed by atoms with E-state index < -0.39 is 0 Å². The molecule has 0 bridgehead atoms. The summed E-state index contributed by atoms with van der Waals surface area (Å²) in [6.07, 6.45) is 4.34. The van der Waals surface area contributed by atoms with Gasteiger partial charge in [-0.2, -0.15) is 0 Å². The third-order valence-corrected chi connectivity index (χ3v) is 2.06. The molecule has 0 N–H and O–H groups in total. The molecule has 2 heteroatoms. The van der Waals surface area contributed by atoms with E-state index in [2.05, 4.69) is 6.92 Å². The van der Waals surface area contributed by atoms with Gasteiger partial charge in [0.25, 0.3) is 0 Å². The molecule has 0 aliphatic heterocycles. The number of hydrogen-bond donors (Lipinski definition) is 0. The van der Waals surface area contributed by atoms with Crippen LogP contribution in [0.4, 0.5) is 0 Å². The first-order chi connectivity index (χ1) is 2.91. The molecule has 0 saturated carbocycles. The van der Waals surface area contributed by atoms with E-state index in [-0.39, 0.29) is 8.41 Å². The second-order valence-electron chi connectivity index (χ2n) is 1.71. The fourth-order valence-corrected chi connectivity index (χ4v) is 1.28. The zero-order valence-electron chi connectivity index (χ0n) is 4.83. The summed E-state index contributed by atoms with van der Waals surface area (Å²) in [4.78, 5) is 0. The predicted octanol–water partition coefficient (Wildman–Crippen LogP) is 0.579. The summed E-state index contributed by atoms with van der Waals surface area (Å²) in [6.45, 7) is 2.25. The standard InChI is InChI=1S/C5H11.BH3.K/c1-3-5-4-2;;/h1,3-5H2,2H3;1H3;. The molecule has 0 saturated heterocycles. The van der Waals surface area contributed by atoms with Crippen molar-refractivity contribution in [3.05, 3.63) is 0 Å². The van der Waals surface area contributed by atoms with E-state index in [1.54, 1.807) is 0.515 Å². The van der Waals surface area contributed by atoms with Crippen LogP contribution in [0, 0.1) is 0 Å². The second kappa shape index (κ2) is 10.6. The molecule has 0 rings (SSSR count). The maximum atomic E-state index is 2.25. The van der Waals surface area contributed by atoms with E-state index in [4.69, 9.17) is 0 Å². The third kappa shape index (κ3) is 11.3. The first kappa shape index (κ1) is 11.5. The Kier molecular flexibility index (Phi) is 17.5. The Morgan fingerprint density at radius 1 is 1.29 bits per heavy atom. The Hall–Kier alpha value is 1.70. The van der Waals surface area contributed by atoms with E-state index in [1.807, 2.05) is 0 Å². The molecule has 7 heavy (non-hydrogen) atoms. The van der Waals surface area contributed by atoms with E-state index in [0.29, 0.717) is 0 Å². The molecule has 0 atom stereocenters. The van der Waals surface area contributed by atoms with E-state index >= 15 is 0 Å². The Morgan fingerprint density at radius 2 is 1.86 bits per heavy atom. The monoisotopic (exact) mass is 124 g/mol. The second-order valence-corrected chi connectivity index (χ2v) is 3.27. The summed E-state index contributed by atoms with van der Waals surface area (Å²) in [7, 11) is 0. The van der Waals surface area contributed by atoms with Crippen LogP contribution in [0.2, 0.25) is 0.515 Å². The molecule has 0 fully saturated rings. The van der Waals surface area contributed by atoms with Gasteiger partial charge in [0.2, 0.25) is 0 Å². The number of unbranched alkanes of at least 4 members (excludes halogenated alkanes) is 2. The minimum absolute atomic E-state index is 0. The van der Waals surface area contributed by atoms with Crippen molar-refractivity contribution < 1.29 is 0 Å². The first-order valence-electron chi connectivity index (χ1n) is 2.91. The van der Waals surface area contributed by atoms with Gasteiger partial charge in [-0.25, -0.2) is 0 Å². The predicted molar refractivity (Wildman–Crippen MR) is 40.0 cm³/mol. The van der Waals surface area contributed by atoms with Gasteiger partial charge in [-0.15, -0.1) is 0 Å². The van der Waals surface area contributed by atoms with Gasteiger partial charge >= 0.3 is 75.7 Å². The van der Waals surface area contributed by atoms with E-state index in [9.17, 15) is 0 Å². The van der Waals surface area contributed by atoms with Crippen LogP contribution < -0.4 is 0 Å². The molecule has 0 aromatic heterocycles. The number of rotatable bonds is 3. The van der Waals surface area contributed by atoms with Crippen molar-refractivity contribution in [2.24, 2.45) is 0 Å². The van der Waals surface area contributed by atoms with Crippen LogP contribution in [-0.2, 0) is 0 Å². The molecule has 0 amide bonds. The minimum atomic E-state index is 0. The SMILES string of the molecule is B.CCCC[CH2][K]. The molecule has 0 radical (unpaired) electrons. The van der Waals surface area contributed by atoms with Gasteiger partial charge in [0.05, 0.1) is 8.41 Å². The van der Waals surface area contributed by atoms with Gasteiger partial charge in [0, 0.05) is 0 Å². The van der Waals surface area contributed by atoms with Crippen LogP contribution in [0.25, 0.3) is 0 Å². The van der Waals surface area contributed by atoms with Gasteiger partial charge in [-0.05, 0) is 0 Å². The van der Waals surface area contributed by atoms with Crippen molar-refractivity contribution in [2.75, 3.05) is 0 Å². The molecular formula is C5H14BK. The normalized spacial score (nSPS) is 7.86. The van der Waals surface area contributed by atoms with Crippen LogP contribution in [0.3, 0.4) is 0 Å². The van der Waals surface area contributed by atoms with Gasteiger partial charge in [0.15, 0.2) is 0 Å². The quantitative estimate of drug-likeness (QED) is 0.381. The van der Waals surface area contributed by atoms with Gasteiger partial charge in [0.1, 0.15) is 0 Å². The third-order valence-electron chi connectivity index (χ3n) is 0.957. The van der Waals surface area contributed by atoms with Gasteiger partial charge in [-0.1, -0.05) is 0 Å². The maximum absolute atomic E-state index is 2.25. The molecule has 0 unspecified atom stereocenters. The van der Waals surface area contributed by atoms with Gasteiger partial charge in [-0.3, -0.25) is 0 Å². The van der Waals surface area contributed by atoms with Crippen molar-refractivity contribution in [3.8, 4) is 0 Å². The van der Waals surface area contributed by atoms with Crippen molar-refractivity contribution in [1.29, 1.82) is 0 Å². The number of hydrogen-bond acceptors (Lipinski definition) is 0. The van der Waals surface area contributed by atoms with Crippen LogP contribution in [0.5, 0.6) is 0 Å². The summed E-state index contributed by atoms with van der Waals surface area (Å²) < 4.78 is 1.54. The summed E-state index contributed by atoms with van der Waals surface area (Å²) in [5, 5.41) is 0. The first-order valence-corrected chi connectivity index (χ1v) is 5.12. The molecule has 0 heterocycles. The van der Waals surface area contributed by atoms with Crippen LogP contribution in [-0.4, -0.2) is 57.4 Å². The van der Waals surface area contributed by atoms with E-state index in [1.165, 1.54) is 19.3 Å². The van der Waals surface area contributed by atoms with Crippen molar-refractivity contribution >= 4 is 57.4 Å². The molecule has 0 aliphatic rings. The molecule has 0 spiro atoms. The molecule has 38 valence electrons. The molecule has 0 aromatic carbocycles. The molecular weight excluding hydrogens is 110 g/mol. The van der Waals surface area contributed by atoms with Crippen LogP contribution in [0.1, 0.15) is 26.2 Å². The van der Waals surface area contributed by atoms with Crippen LogP contribution >= 0.6 is 0 Å². The van der Waals surface area contributed by atoms with Crippen molar-refractivity contribution in [2.45, 2.75) is 26.7 Å². The summed E-state index contributed by atoms with van der Waals surface area (Å²) in [5.41, 5.74) is 0. The summed E-state index contributed by atoms with van der Waals surface area (Å²) in [5.74, 6) is 0. The summed E-state index contributed by atoms with van der Waals surface area (Å²) in [6, 6.07) is 0. The topological polar surface area (TPSA) is 0 Å². The fraction of sp³-hybridized carbons (Fsp3) is 1.00. The Labute approximate surface area is 82.6 Å². The van der Waals surface area contributed by atoms with Crippen molar-refractivity contribution in [3.63, 3.8) is 0 Å². The Morgan fingerprint density at radius 3 is 2.00 bits per heavy atom. The molecule has 0 nitrogen and oxygen atoms in total.